The van der Waals surface area contributed by atoms with Crippen molar-refractivity contribution in [1.82, 2.24) is 0 Å². The van der Waals surface area contributed by atoms with Gasteiger partial charge in [0.2, 0.25) is 0 Å². The lowest BCUT2D eigenvalue weighted by molar-refractivity contribution is 1.47. The summed E-state index contributed by atoms with van der Waals surface area (Å²) in [5.74, 6) is 0. The Bertz CT molecular complexity index is 113. The summed E-state index contributed by atoms with van der Waals surface area (Å²) in [4.78, 5) is 0. The highest BCUT2D eigenvalue weighted by Crippen LogP contribution is 1.79. The van der Waals surface area contributed by atoms with Crippen molar-refractivity contribution in [3.05, 3.63) is 36.4 Å². The molecule has 0 bridgehead atoms. The monoisotopic (exact) mass is 156 g/mol. The minimum atomic E-state index is 0. The van der Waals surface area contributed by atoms with Crippen LogP contribution in [0.2, 0.25) is 6.32 Å². The van der Waals surface area contributed by atoms with Crippen molar-refractivity contribution < 1.29 is 0 Å². The molecule has 1 aromatic carbocycles. The van der Waals surface area contributed by atoms with Gasteiger partial charge in [0.25, 0.3) is 0 Å². The Morgan fingerprint density at radius 1 is 1.00 bits per heavy atom. The van der Waals surface area contributed by atoms with Gasteiger partial charge >= 0.3 is 0 Å². The van der Waals surface area contributed by atoms with E-state index in [1.54, 1.807) is 7.06 Å². The number of benzene rings is 1. The maximum atomic E-state index is 4.96. The zero-order valence-electron chi connectivity index (χ0n) is 6.90. The third-order valence-electron chi connectivity index (χ3n) is 1.04. The molecule has 0 aliphatic rings. The minimum absolute atomic E-state index is 0. The molecule has 0 heterocycles. The summed E-state index contributed by atoms with van der Waals surface area (Å²) in [6, 6.07) is 12.0. The SMILES string of the molecule is C.[B][B][B]CC.c1ccccc1. The van der Waals surface area contributed by atoms with E-state index in [-0.39, 0.29) is 7.43 Å². The Morgan fingerprint density at radius 2 is 1.33 bits per heavy atom. The minimum Gasteiger partial charge on any atom is -0.0923 e. The van der Waals surface area contributed by atoms with Crippen molar-refractivity contribution in [3.8, 4) is 0 Å². The molecule has 0 aliphatic carbocycles. The Balaban J connectivity index is 0. The third kappa shape index (κ3) is 12.1. The van der Waals surface area contributed by atoms with Crippen LogP contribution in [0.25, 0.3) is 0 Å². The number of hydrogen-bond acceptors (Lipinski definition) is 0. The first-order valence-corrected chi connectivity index (χ1v) is 3.78. The van der Waals surface area contributed by atoms with Crippen LogP contribution in [0.3, 0.4) is 0 Å². The molecule has 1 aromatic rings. The van der Waals surface area contributed by atoms with Crippen molar-refractivity contribution in [2.45, 2.75) is 20.7 Å². The molecule has 0 saturated heterocycles. The second kappa shape index (κ2) is 13.0. The highest BCUT2D eigenvalue weighted by atomic mass is 13.6. The third-order valence-corrected chi connectivity index (χ3v) is 1.04. The van der Waals surface area contributed by atoms with Crippen LogP contribution in [0, 0.1) is 0 Å². The summed E-state index contributed by atoms with van der Waals surface area (Å²) in [6.07, 6.45) is 1.04. The Labute approximate surface area is 79.6 Å². The molecule has 0 aliphatic heterocycles. The maximum Gasteiger partial charge on any atom is 0.0541 e. The highest BCUT2D eigenvalue weighted by molar-refractivity contribution is 7.23. The van der Waals surface area contributed by atoms with Crippen molar-refractivity contribution >= 4 is 22.0 Å². The molecule has 0 fully saturated rings. The fourth-order valence-electron chi connectivity index (χ4n) is 0.521. The molecule has 3 heteroatoms. The van der Waals surface area contributed by atoms with Crippen LogP contribution in [0.5, 0.6) is 0 Å². The van der Waals surface area contributed by atoms with Crippen LogP contribution in [0.15, 0.2) is 36.4 Å². The average Bonchev–Trinajstić information content (AvgIpc) is 2.10. The lowest BCUT2D eigenvalue weighted by Gasteiger charge is -1.74. The van der Waals surface area contributed by atoms with Crippen LogP contribution in [-0.2, 0) is 0 Å². The van der Waals surface area contributed by atoms with E-state index in [0.29, 0.717) is 0 Å². The molecule has 0 nitrogen and oxygen atoms in total. The van der Waals surface area contributed by atoms with Gasteiger partial charge < -0.3 is 0 Å². The van der Waals surface area contributed by atoms with Crippen LogP contribution in [0.4, 0.5) is 0 Å². The zero-order chi connectivity index (χ0) is 8.36. The summed E-state index contributed by atoms with van der Waals surface area (Å²) >= 11 is 0. The van der Waals surface area contributed by atoms with Gasteiger partial charge in [0.1, 0.15) is 0 Å². The number of rotatable bonds is 2. The summed E-state index contributed by atoms with van der Waals surface area (Å²) in [5.41, 5.74) is 0. The van der Waals surface area contributed by atoms with E-state index >= 15 is 0 Å². The zero-order valence-corrected chi connectivity index (χ0v) is 6.90. The van der Waals surface area contributed by atoms with Gasteiger partial charge in [-0.25, -0.2) is 0 Å². The van der Waals surface area contributed by atoms with Crippen LogP contribution in [-0.4, -0.2) is 22.0 Å². The van der Waals surface area contributed by atoms with E-state index in [1.165, 1.54) is 0 Å². The summed E-state index contributed by atoms with van der Waals surface area (Å²) in [6.45, 7) is 2.04. The van der Waals surface area contributed by atoms with Crippen LogP contribution >= 0.6 is 0 Å². The fraction of sp³-hybridized carbons (Fsp3) is 0.333. The second-order valence-corrected chi connectivity index (χ2v) is 1.99. The lowest BCUT2D eigenvalue weighted by atomic mass is 9.27. The first-order chi connectivity index (χ1) is 5.41. The smallest absolute Gasteiger partial charge is 0.0541 e. The topological polar surface area (TPSA) is 0 Å². The highest BCUT2D eigenvalue weighted by Gasteiger charge is 1.73. The molecule has 1 rings (SSSR count). The Morgan fingerprint density at radius 3 is 1.42 bits per heavy atom. The molecule has 4 radical (unpaired) electrons. The summed E-state index contributed by atoms with van der Waals surface area (Å²) < 4.78 is 0. The van der Waals surface area contributed by atoms with Crippen LogP contribution in [0.1, 0.15) is 14.4 Å². The molecule has 0 atom stereocenters. The van der Waals surface area contributed by atoms with E-state index < -0.39 is 0 Å². The molecular weight excluding hydrogens is 141 g/mol. The molecule has 12 heavy (non-hydrogen) atoms. The predicted molar refractivity (Wildman–Crippen MR) is 60.9 cm³/mol. The molecule has 0 saturated carbocycles. The first-order valence-electron chi connectivity index (χ1n) is 3.78. The predicted octanol–water partition coefficient (Wildman–Crippen LogP) is 2.15. The van der Waals surface area contributed by atoms with Gasteiger partial charge in [-0.3, -0.25) is 0 Å². The van der Waals surface area contributed by atoms with Gasteiger partial charge in [-0.15, -0.1) is 0 Å². The van der Waals surface area contributed by atoms with Crippen molar-refractivity contribution in [3.63, 3.8) is 0 Å². The van der Waals surface area contributed by atoms with Gasteiger partial charge in [-0.1, -0.05) is 57.1 Å². The molecule has 0 unspecified atom stereocenters. The normalized spacial score (nSPS) is 6.75. The molecule has 0 aromatic heterocycles. The van der Waals surface area contributed by atoms with E-state index in [0.717, 1.165) is 6.32 Å². The molecule has 60 valence electrons. The van der Waals surface area contributed by atoms with Gasteiger partial charge in [0.05, 0.1) is 7.17 Å². The van der Waals surface area contributed by atoms with Gasteiger partial charge in [0.15, 0.2) is 0 Å². The van der Waals surface area contributed by atoms with Gasteiger partial charge in [-0.2, -0.15) is 0 Å². The second-order valence-electron chi connectivity index (χ2n) is 1.99. The van der Waals surface area contributed by atoms with Gasteiger partial charge in [0, 0.05) is 14.8 Å². The summed E-state index contributed by atoms with van der Waals surface area (Å²) in [5, 5.41) is 0. The Kier molecular flexibility index (Phi) is 15.2. The Hall–Kier alpha value is -0.585. The molecule has 0 amide bonds. The summed E-state index contributed by atoms with van der Waals surface area (Å²) in [7, 11) is 8.42. The van der Waals surface area contributed by atoms with Crippen molar-refractivity contribution in [2.75, 3.05) is 0 Å². The molecule has 0 N–H and O–H groups in total. The van der Waals surface area contributed by atoms with E-state index in [1.807, 2.05) is 50.5 Å². The van der Waals surface area contributed by atoms with E-state index in [9.17, 15) is 0 Å². The fourth-order valence-corrected chi connectivity index (χ4v) is 0.521. The number of hydrogen-bond donors (Lipinski definition) is 0. The van der Waals surface area contributed by atoms with Crippen molar-refractivity contribution in [1.29, 1.82) is 0 Å². The van der Waals surface area contributed by atoms with Crippen LogP contribution < -0.4 is 0 Å². The first kappa shape index (κ1) is 14.0. The standard InChI is InChI=1S/C6H6.C2H5B3.CH4/c1-2-4-6-5-3-1;1-2-4-5-3;/h1-6H;2H2,1H3;1H4. The van der Waals surface area contributed by atoms with E-state index in [2.05, 4.69) is 0 Å². The van der Waals surface area contributed by atoms with Crippen molar-refractivity contribution in [2.24, 2.45) is 0 Å². The largest absolute Gasteiger partial charge is 0.0923 e. The quantitative estimate of drug-likeness (QED) is 0.575. The molecule has 0 spiro atoms. The van der Waals surface area contributed by atoms with Gasteiger partial charge in [-0.05, 0) is 0 Å². The van der Waals surface area contributed by atoms with E-state index in [4.69, 9.17) is 7.74 Å². The lowest BCUT2D eigenvalue weighted by Crippen LogP contribution is -1.98. The average molecular weight is 156 g/mol. The maximum absolute atomic E-state index is 4.96. The molecular formula is C9H15B3.